The van der Waals surface area contributed by atoms with Crippen molar-refractivity contribution in [3.63, 3.8) is 0 Å². The van der Waals surface area contributed by atoms with E-state index in [4.69, 9.17) is 5.11 Å². The molecule has 0 atom stereocenters. The van der Waals surface area contributed by atoms with Crippen LogP contribution >= 0.6 is 15.9 Å². The second-order valence-electron chi connectivity index (χ2n) is 5.38. The van der Waals surface area contributed by atoms with E-state index in [1.165, 1.54) is 12.1 Å². The Bertz CT molecular complexity index is 761. The van der Waals surface area contributed by atoms with Crippen LogP contribution in [0.1, 0.15) is 20.7 Å². The van der Waals surface area contributed by atoms with Gasteiger partial charge < -0.3 is 14.9 Å². The monoisotopic (exact) mass is 390 g/mol. The predicted octanol–water partition coefficient (Wildman–Crippen LogP) is 1.90. The van der Waals surface area contributed by atoms with E-state index in [-0.39, 0.29) is 11.5 Å². The van der Waals surface area contributed by atoms with Crippen molar-refractivity contribution in [2.75, 3.05) is 31.1 Å². The molecule has 1 aromatic heterocycles. The maximum Gasteiger partial charge on any atom is 0.335 e. The van der Waals surface area contributed by atoms with E-state index in [1.807, 2.05) is 0 Å². The molecule has 0 bridgehead atoms. The van der Waals surface area contributed by atoms with Crippen molar-refractivity contribution in [2.24, 2.45) is 0 Å². The number of halogens is 1. The maximum atomic E-state index is 12.6. The third-order valence-electron chi connectivity index (χ3n) is 3.83. The standard InChI is InChI=1S/C16H15BrN4O3/c17-13-8-11(7-12(9-13)16(23)24)15(22)21-5-3-20(4-6-21)14-10-18-1-2-19-14/h1-2,7-10H,3-6H2,(H,23,24). The Hall–Kier alpha value is -2.48. The zero-order chi connectivity index (χ0) is 17.1. The van der Waals surface area contributed by atoms with Gasteiger partial charge in [0.2, 0.25) is 0 Å². The van der Waals surface area contributed by atoms with Gasteiger partial charge >= 0.3 is 5.97 Å². The fourth-order valence-corrected chi connectivity index (χ4v) is 3.11. The van der Waals surface area contributed by atoms with Crippen LogP contribution < -0.4 is 4.90 Å². The van der Waals surface area contributed by atoms with Gasteiger partial charge in [0.15, 0.2) is 0 Å². The number of hydrogen-bond donors (Lipinski definition) is 1. The fourth-order valence-electron chi connectivity index (χ4n) is 2.61. The lowest BCUT2D eigenvalue weighted by atomic mass is 10.1. The van der Waals surface area contributed by atoms with Gasteiger partial charge in [0.05, 0.1) is 11.8 Å². The summed E-state index contributed by atoms with van der Waals surface area (Å²) < 4.78 is 0.573. The molecule has 1 saturated heterocycles. The summed E-state index contributed by atoms with van der Waals surface area (Å²) in [6.45, 7) is 2.41. The minimum atomic E-state index is -1.06. The summed E-state index contributed by atoms with van der Waals surface area (Å²) in [7, 11) is 0. The van der Waals surface area contributed by atoms with Crippen LogP contribution in [0.25, 0.3) is 0 Å². The molecule has 0 unspecified atom stereocenters. The van der Waals surface area contributed by atoms with E-state index >= 15 is 0 Å². The van der Waals surface area contributed by atoms with Gasteiger partial charge in [-0.1, -0.05) is 15.9 Å². The van der Waals surface area contributed by atoms with Gasteiger partial charge in [-0.25, -0.2) is 9.78 Å². The topological polar surface area (TPSA) is 86.6 Å². The highest BCUT2D eigenvalue weighted by atomic mass is 79.9. The molecule has 0 aliphatic carbocycles. The number of anilines is 1. The van der Waals surface area contributed by atoms with Crippen molar-refractivity contribution < 1.29 is 14.7 Å². The number of carboxylic acids is 1. The maximum absolute atomic E-state index is 12.6. The Labute approximate surface area is 147 Å². The molecule has 3 rings (SSSR count). The molecular formula is C16H15BrN4O3. The SMILES string of the molecule is O=C(O)c1cc(Br)cc(C(=O)N2CCN(c3cnccn3)CC2)c1. The number of carbonyl (C=O) groups is 2. The molecule has 2 aromatic rings. The molecule has 2 heterocycles. The molecule has 0 saturated carbocycles. The molecular weight excluding hydrogens is 376 g/mol. The first kappa shape index (κ1) is 16.4. The summed E-state index contributed by atoms with van der Waals surface area (Å²) in [5, 5.41) is 9.12. The van der Waals surface area contributed by atoms with Crippen LogP contribution in [-0.4, -0.2) is 58.0 Å². The van der Waals surface area contributed by atoms with E-state index in [9.17, 15) is 9.59 Å². The third kappa shape index (κ3) is 3.53. The number of nitrogens with zero attached hydrogens (tertiary/aromatic N) is 4. The molecule has 0 radical (unpaired) electrons. The molecule has 7 nitrogen and oxygen atoms in total. The lowest BCUT2D eigenvalue weighted by molar-refractivity contribution is 0.0697. The number of aromatic carboxylic acids is 1. The highest BCUT2D eigenvalue weighted by Gasteiger charge is 2.23. The van der Waals surface area contributed by atoms with E-state index in [2.05, 4.69) is 30.8 Å². The van der Waals surface area contributed by atoms with Crippen molar-refractivity contribution in [3.8, 4) is 0 Å². The number of amides is 1. The summed E-state index contributed by atoms with van der Waals surface area (Å²) in [5.41, 5.74) is 0.459. The van der Waals surface area contributed by atoms with Gasteiger partial charge in [0.1, 0.15) is 5.82 Å². The van der Waals surface area contributed by atoms with Crippen LogP contribution in [0.2, 0.25) is 0 Å². The summed E-state index contributed by atoms with van der Waals surface area (Å²) >= 11 is 3.26. The molecule has 0 spiro atoms. The van der Waals surface area contributed by atoms with Crippen LogP contribution in [0, 0.1) is 0 Å². The second kappa shape index (κ2) is 6.96. The van der Waals surface area contributed by atoms with E-state index in [0.29, 0.717) is 36.2 Å². The Morgan fingerprint density at radius 2 is 1.75 bits per heavy atom. The smallest absolute Gasteiger partial charge is 0.335 e. The third-order valence-corrected chi connectivity index (χ3v) is 4.29. The first-order valence-electron chi connectivity index (χ1n) is 7.39. The van der Waals surface area contributed by atoms with Crippen LogP contribution in [-0.2, 0) is 0 Å². The van der Waals surface area contributed by atoms with Gasteiger partial charge in [-0.3, -0.25) is 9.78 Å². The Kier molecular flexibility index (Phi) is 4.75. The lowest BCUT2D eigenvalue weighted by Gasteiger charge is -2.35. The predicted molar refractivity (Wildman–Crippen MR) is 91.2 cm³/mol. The highest BCUT2D eigenvalue weighted by Crippen LogP contribution is 2.19. The second-order valence-corrected chi connectivity index (χ2v) is 6.29. The number of carbonyl (C=O) groups excluding carboxylic acids is 1. The Balaban J connectivity index is 1.70. The van der Waals surface area contributed by atoms with Gasteiger partial charge in [0.25, 0.3) is 5.91 Å². The number of carboxylic acid groups (broad SMARTS) is 1. The molecule has 1 N–H and O–H groups in total. The van der Waals surface area contributed by atoms with Gasteiger partial charge in [0, 0.05) is 48.6 Å². The van der Waals surface area contributed by atoms with E-state index in [0.717, 1.165) is 5.82 Å². The zero-order valence-corrected chi connectivity index (χ0v) is 14.3. The molecule has 1 aliphatic heterocycles. The average molecular weight is 391 g/mol. The summed E-state index contributed by atoms with van der Waals surface area (Å²) in [5.74, 6) is -0.435. The number of aromatic nitrogens is 2. The van der Waals surface area contributed by atoms with Crippen LogP contribution in [0.15, 0.2) is 41.3 Å². The number of rotatable bonds is 3. The molecule has 8 heteroatoms. The summed E-state index contributed by atoms with van der Waals surface area (Å²) in [6.07, 6.45) is 4.96. The fraction of sp³-hybridized carbons (Fsp3) is 0.250. The Morgan fingerprint density at radius 1 is 1.04 bits per heavy atom. The Morgan fingerprint density at radius 3 is 2.38 bits per heavy atom. The average Bonchev–Trinajstić information content (AvgIpc) is 2.61. The molecule has 1 aliphatic rings. The quantitative estimate of drug-likeness (QED) is 0.860. The largest absolute Gasteiger partial charge is 0.478 e. The van der Waals surface area contributed by atoms with Crippen molar-refractivity contribution in [1.29, 1.82) is 0 Å². The number of benzene rings is 1. The van der Waals surface area contributed by atoms with Crippen molar-refractivity contribution in [1.82, 2.24) is 14.9 Å². The van der Waals surface area contributed by atoms with E-state index in [1.54, 1.807) is 29.6 Å². The van der Waals surface area contributed by atoms with Gasteiger partial charge in [-0.05, 0) is 18.2 Å². The lowest BCUT2D eigenvalue weighted by Crippen LogP contribution is -2.49. The zero-order valence-electron chi connectivity index (χ0n) is 12.7. The molecule has 124 valence electrons. The summed E-state index contributed by atoms with van der Waals surface area (Å²) in [6, 6.07) is 4.53. The first-order chi connectivity index (χ1) is 11.5. The van der Waals surface area contributed by atoms with Crippen LogP contribution in [0.5, 0.6) is 0 Å². The van der Waals surface area contributed by atoms with Crippen molar-refractivity contribution in [3.05, 3.63) is 52.4 Å². The highest BCUT2D eigenvalue weighted by molar-refractivity contribution is 9.10. The van der Waals surface area contributed by atoms with Crippen molar-refractivity contribution >= 4 is 33.6 Å². The first-order valence-corrected chi connectivity index (χ1v) is 8.18. The number of hydrogen-bond acceptors (Lipinski definition) is 5. The molecule has 1 fully saturated rings. The van der Waals surface area contributed by atoms with E-state index < -0.39 is 5.97 Å². The summed E-state index contributed by atoms with van der Waals surface area (Å²) in [4.78, 5) is 35.9. The van der Waals surface area contributed by atoms with Crippen molar-refractivity contribution in [2.45, 2.75) is 0 Å². The minimum Gasteiger partial charge on any atom is -0.478 e. The minimum absolute atomic E-state index is 0.0888. The normalized spacial score (nSPS) is 14.5. The molecule has 24 heavy (non-hydrogen) atoms. The molecule has 1 aromatic carbocycles. The van der Waals surface area contributed by atoms with Gasteiger partial charge in [-0.15, -0.1) is 0 Å². The van der Waals surface area contributed by atoms with Crippen LogP contribution in [0.4, 0.5) is 5.82 Å². The molecule has 1 amide bonds. The van der Waals surface area contributed by atoms with Crippen LogP contribution in [0.3, 0.4) is 0 Å². The van der Waals surface area contributed by atoms with Gasteiger partial charge in [-0.2, -0.15) is 0 Å². The number of piperazine rings is 1.